The standard InChI is InChI=1S/C14H18BrNO2/c15-12-5-3-6-13(10-12)18-9-7-11-4-1-2-8-16-14(11)17/h3,5-6,10-11H,1-2,4,7-9H2,(H,16,17). The van der Waals surface area contributed by atoms with Gasteiger partial charge in [-0.25, -0.2) is 0 Å². The normalized spacial score (nSPS) is 20.1. The second-order valence-electron chi connectivity index (χ2n) is 4.58. The molecule has 1 amide bonds. The van der Waals surface area contributed by atoms with Crippen molar-refractivity contribution in [3.8, 4) is 5.75 Å². The van der Waals surface area contributed by atoms with Crippen molar-refractivity contribution in [1.82, 2.24) is 5.32 Å². The zero-order chi connectivity index (χ0) is 12.8. The van der Waals surface area contributed by atoms with Crippen LogP contribution >= 0.6 is 15.9 Å². The molecule has 1 aromatic rings. The van der Waals surface area contributed by atoms with E-state index in [2.05, 4.69) is 21.2 Å². The Bertz CT molecular complexity index is 409. The van der Waals surface area contributed by atoms with Gasteiger partial charge in [0.15, 0.2) is 0 Å². The Morgan fingerprint density at radius 1 is 1.39 bits per heavy atom. The van der Waals surface area contributed by atoms with E-state index in [1.165, 1.54) is 0 Å². The Kier molecular flexibility index (Phi) is 5.05. The van der Waals surface area contributed by atoms with E-state index in [4.69, 9.17) is 4.74 Å². The number of amides is 1. The highest BCUT2D eigenvalue weighted by Crippen LogP contribution is 2.20. The Labute approximate surface area is 116 Å². The van der Waals surface area contributed by atoms with Gasteiger partial charge in [0, 0.05) is 16.9 Å². The number of hydrogen-bond donors (Lipinski definition) is 1. The Balaban J connectivity index is 1.79. The molecule has 1 aliphatic rings. The molecular weight excluding hydrogens is 294 g/mol. The third-order valence-corrected chi connectivity index (χ3v) is 3.67. The monoisotopic (exact) mass is 311 g/mol. The molecule has 1 saturated heterocycles. The topological polar surface area (TPSA) is 38.3 Å². The molecular formula is C14H18BrNO2. The number of hydrogen-bond acceptors (Lipinski definition) is 2. The van der Waals surface area contributed by atoms with Gasteiger partial charge >= 0.3 is 0 Å². The average molecular weight is 312 g/mol. The van der Waals surface area contributed by atoms with Crippen molar-refractivity contribution in [2.45, 2.75) is 25.7 Å². The summed E-state index contributed by atoms with van der Waals surface area (Å²) >= 11 is 3.41. The molecule has 18 heavy (non-hydrogen) atoms. The minimum Gasteiger partial charge on any atom is -0.494 e. The zero-order valence-electron chi connectivity index (χ0n) is 10.3. The van der Waals surface area contributed by atoms with E-state index in [1.807, 2.05) is 24.3 Å². The second kappa shape index (κ2) is 6.78. The average Bonchev–Trinajstić information content (AvgIpc) is 2.55. The van der Waals surface area contributed by atoms with Gasteiger partial charge < -0.3 is 10.1 Å². The largest absolute Gasteiger partial charge is 0.494 e. The van der Waals surface area contributed by atoms with Crippen LogP contribution in [-0.4, -0.2) is 19.1 Å². The fraction of sp³-hybridized carbons (Fsp3) is 0.500. The van der Waals surface area contributed by atoms with E-state index in [1.54, 1.807) is 0 Å². The van der Waals surface area contributed by atoms with Crippen LogP contribution in [0.2, 0.25) is 0 Å². The lowest BCUT2D eigenvalue weighted by molar-refractivity contribution is -0.125. The van der Waals surface area contributed by atoms with Gasteiger partial charge in [0.05, 0.1) is 6.61 Å². The fourth-order valence-corrected chi connectivity index (χ4v) is 2.53. The zero-order valence-corrected chi connectivity index (χ0v) is 11.9. The van der Waals surface area contributed by atoms with E-state index in [-0.39, 0.29) is 11.8 Å². The number of nitrogens with one attached hydrogen (secondary N) is 1. The van der Waals surface area contributed by atoms with Crippen LogP contribution in [0, 0.1) is 5.92 Å². The molecule has 2 rings (SSSR count). The van der Waals surface area contributed by atoms with Crippen LogP contribution in [0.5, 0.6) is 5.75 Å². The van der Waals surface area contributed by atoms with Crippen LogP contribution in [0.15, 0.2) is 28.7 Å². The van der Waals surface area contributed by atoms with Crippen LogP contribution < -0.4 is 10.1 Å². The van der Waals surface area contributed by atoms with Crippen molar-refractivity contribution in [3.63, 3.8) is 0 Å². The molecule has 0 aliphatic carbocycles. The third kappa shape index (κ3) is 4.02. The molecule has 98 valence electrons. The SMILES string of the molecule is O=C1NCCCCC1CCOc1cccc(Br)c1. The molecule has 1 aliphatic heterocycles. The van der Waals surface area contributed by atoms with Gasteiger partial charge in [-0.15, -0.1) is 0 Å². The Morgan fingerprint density at radius 2 is 2.28 bits per heavy atom. The van der Waals surface area contributed by atoms with Gasteiger partial charge in [-0.1, -0.05) is 28.4 Å². The first kappa shape index (κ1) is 13.4. The molecule has 1 fully saturated rings. The number of ether oxygens (including phenoxy) is 1. The van der Waals surface area contributed by atoms with Crippen molar-refractivity contribution in [3.05, 3.63) is 28.7 Å². The van der Waals surface area contributed by atoms with E-state index in [0.717, 1.165) is 42.5 Å². The van der Waals surface area contributed by atoms with Crippen LogP contribution in [0.3, 0.4) is 0 Å². The summed E-state index contributed by atoms with van der Waals surface area (Å²) in [6.07, 6.45) is 3.99. The van der Waals surface area contributed by atoms with Gasteiger partial charge in [0.2, 0.25) is 5.91 Å². The Morgan fingerprint density at radius 3 is 3.11 bits per heavy atom. The van der Waals surface area contributed by atoms with E-state index in [0.29, 0.717) is 6.61 Å². The highest BCUT2D eigenvalue weighted by atomic mass is 79.9. The highest BCUT2D eigenvalue weighted by molar-refractivity contribution is 9.10. The van der Waals surface area contributed by atoms with Crippen molar-refractivity contribution >= 4 is 21.8 Å². The lowest BCUT2D eigenvalue weighted by Crippen LogP contribution is -2.29. The molecule has 4 heteroatoms. The summed E-state index contributed by atoms with van der Waals surface area (Å²) in [5, 5.41) is 2.95. The Hall–Kier alpha value is -1.03. The maximum Gasteiger partial charge on any atom is 0.223 e. The lowest BCUT2D eigenvalue weighted by atomic mass is 9.99. The van der Waals surface area contributed by atoms with Crippen molar-refractivity contribution in [2.24, 2.45) is 5.92 Å². The van der Waals surface area contributed by atoms with Crippen LogP contribution in [0.4, 0.5) is 0 Å². The molecule has 1 atom stereocenters. The number of rotatable bonds is 4. The number of carbonyl (C=O) groups excluding carboxylic acids is 1. The molecule has 1 heterocycles. The molecule has 0 radical (unpaired) electrons. The van der Waals surface area contributed by atoms with Gasteiger partial charge in [-0.3, -0.25) is 4.79 Å². The van der Waals surface area contributed by atoms with Gasteiger partial charge in [0.25, 0.3) is 0 Å². The maximum absolute atomic E-state index is 11.7. The van der Waals surface area contributed by atoms with Gasteiger partial charge in [-0.05, 0) is 37.5 Å². The summed E-state index contributed by atoms with van der Waals surface area (Å²) in [6, 6.07) is 7.77. The lowest BCUT2D eigenvalue weighted by Gasteiger charge is -2.13. The third-order valence-electron chi connectivity index (χ3n) is 3.18. The van der Waals surface area contributed by atoms with E-state index >= 15 is 0 Å². The van der Waals surface area contributed by atoms with E-state index < -0.39 is 0 Å². The summed E-state index contributed by atoms with van der Waals surface area (Å²) in [5.41, 5.74) is 0. The number of carbonyl (C=O) groups is 1. The number of benzene rings is 1. The van der Waals surface area contributed by atoms with Gasteiger partial charge in [0.1, 0.15) is 5.75 Å². The van der Waals surface area contributed by atoms with Crippen molar-refractivity contribution < 1.29 is 9.53 Å². The van der Waals surface area contributed by atoms with Crippen LogP contribution in [-0.2, 0) is 4.79 Å². The molecule has 1 unspecified atom stereocenters. The molecule has 0 saturated carbocycles. The van der Waals surface area contributed by atoms with Crippen molar-refractivity contribution in [1.29, 1.82) is 0 Å². The summed E-state index contributed by atoms with van der Waals surface area (Å²) in [7, 11) is 0. The number of halogens is 1. The first-order valence-corrected chi connectivity index (χ1v) is 7.21. The summed E-state index contributed by atoms with van der Waals surface area (Å²) in [6.45, 7) is 1.41. The molecule has 3 nitrogen and oxygen atoms in total. The molecule has 1 N–H and O–H groups in total. The quantitative estimate of drug-likeness (QED) is 0.927. The van der Waals surface area contributed by atoms with Crippen LogP contribution in [0.25, 0.3) is 0 Å². The minimum absolute atomic E-state index is 0.111. The fourth-order valence-electron chi connectivity index (χ4n) is 2.15. The predicted molar refractivity (Wildman–Crippen MR) is 74.6 cm³/mol. The maximum atomic E-state index is 11.7. The smallest absolute Gasteiger partial charge is 0.223 e. The summed E-state index contributed by atoms with van der Waals surface area (Å²) in [5.74, 6) is 1.14. The van der Waals surface area contributed by atoms with E-state index in [9.17, 15) is 4.79 Å². The highest BCUT2D eigenvalue weighted by Gasteiger charge is 2.20. The molecule has 0 spiro atoms. The minimum atomic E-state index is 0.111. The van der Waals surface area contributed by atoms with Gasteiger partial charge in [-0.2, -0.15) is 0 Å². The summed E-state index contributed by atoms with van der Waals surface area (Å²) in [4.78, 5) is 11.7. The van der Waals surface area contributed by atoms with Crippen LogP contribution in [0.1, 0.15) is 25.7 Å². The summed E-state index contributed by atoms with van der Waals surface area (Å²) < 4.78 is 6.68. The van der Waals surface area contributed by atoms with Crippen molar-refractivity contribution in [2.75, 3.05) is 13.2 Å². The first-order chi connectivity index (χ1) is 8.75. The molecule has 1 aromatic carbocycles. The molecule has 0 bridgehead atoms. The second-order valence-corrected chi connectivity index (χ2v) is 5.49. The molecule has 0 aromatic heterocycles. The first-order valence-electron chi connectivity index (χ1n) is 6.42. The predicted octanol–water partition coefficient (Wildman–Crippen LogP) is 3.13.